The highest BCUT2D eigenvalue weighted by atomic mass is 28.3. The highest BCUT2D eigenvalue weighted by Gasteiger charge is 2.35. The number of rotatable bonds is 2. The van der Waals surface area contributed by atoms with Crippen molar-refractivity contribution in [2.45, 2.75) is 67.5 Å². The third kappa shape index (κ3) is 4.98. The first kappa shape index (κ1) is 16.8. The van der Waals surface area contributed by atoms with Crippen LogP contribution >= 0.6 is 0 Å². The second kappa shape index (κ2) is 5.27. The fourth-order valence-electron chi connectivity index (χ4n) is 2.91. The van der Waals surface area contributed by atoms with E-state index < -0.39 is 8.07 Å². The average molecular weight is 276 g/mol. The predicted molar refractivity (Wildman–Crippen MR) is 93.5 cm³/mol. The summed E-state index contributed by atoms with van der Waals surface area (Å²) in [7, 11) is -1.23. The van der Waals surface area contributed by atoms with Crippen molar-refractivity contribution < 1.29 is 0 Å². The number of hydrogen-bond acceptors (Lipinski definition) is 0. The van der Waals surface area contributed by atoms with E-state index in [4.69, 9.17) is 0 Å². The number of allylic oxidation sites excluding steroid dienone is 2. The van der Waals surface area contributed by atoms with Crippen molar-refractivity contribution >= 4 is 14.8 Å². The van der Waals surface area contributed by atoms with Crippen LogP contribution < -0.4 is 0 Å². The summed E-state index contributed by atoms with van der Waals surface area (Å²) in [6, 6.07) is 0. The summed E-state index contributed by atoms with van der Waals surface area (Å²) >= 11 is 0. The van der Waals surface area contributed by atoms with Gasteiger partial charge in [0.2, 0.25) is 0 Å². The lowest BCUT2D eigenvalue weighted by molar-refractivity contribution is 0.343. The molecule has 0 aromatic rings. The first-order valence-electron chi connectivity index (χ1n) is 7.71. The van der Waals surface area contributed by atoms with Gasteiger partial charge in [-0.25, -0.2) is 0 Å². The van der Waals surface area contributed by atoms with E-state index in [0.29, 0.717) is 23.5 Å². The van der Waals surface area contributed by atoms with E-state index in [1.807, 2.05) is 0 Å². The van der Waals surface area contributed by atoms with Crippen LogP contribution in [0.5, 0.6) is 0 Å². The zero-order valence-electron chi connectivity index (χ0n) is 14.6. The maximum absolute atomic E-state index is 2.61. The van der Waals surface area contributed by atoms with Gasteiger partial charge in [0.25, 0.3) is 0 Å². The molecule has 1 heterocycles. The lowest BCUT2D eigenvalue weighted by Crippen LogP contribution is -2.39. The minimum atomic E-state index is -1.23. The average Bonchev–Trinajstić information content (AvgIpc) is 2.11. The minimum Gasteiger partial charge on any atom is -0.114 e. The molecule has 0 spiro atoms. The Morgan fingerprint density at radius 3 is 1.95 bits per heavy atom. The largest absolute Gasteiger partial charge is 0.191 e. The van der Waals surface area contributed by atoms with Crippen LogP contribution in [0.4, 0.5) is 0 Å². The van der Waals surface area contributed by atoms with Crippen molar-refractivity contribution in [1.82, 2.24) is 0 Å². The van der Waals surface area contributed by atoms with Crippen molar-refractivity contribution in [3.05, 3.63) is 23.2 Å². The van der Waals surface area contributed by atoms with Gasteiger partial charge in [-0.05, 0) is 16.7 Å². The van der Waals surface area contributed by atoms with Gasteiger partial charge in [0, 0.05) is 0 Å². The molecule has 0 nitrogen and oxygen atoms in total. The maximum atomic E-state index is 2.61. The van der Waals surface area contributed by atoms with Gasteiger partial charge < -0.3 is 0 Å². The molecule has 1 atom stereocenters. The van der Waals surface area contributed by atoms with Crippen LogP contribution in [-0.2, 0) is 0 Å². The first-order valence-corrected chi connectivity index (χ1v) is 11.2. The molecule has 1 aliphatic rings. The van der Waals surface area contributed by atoms with Gasteiger partial charge in [0.1, 0.15) is 0 Å². The smallest absolute Gasteiger partial charge is 0.114 e. The molecule has 0 N–H and O–H groups in total. The summed E-state index contributed by atoms with van der Waals surface area (Å²) in [5.74, 6) is 3.11. The molecule has 0 aliphatic carbocycles. The van der Waals surface area contributed by atoms with Gasteiger partial charge in [-0.15, -0.1) is 11.1 Å². The molecule has 1 unspecified atom stereocenters. The highest BCUT2D eigenvalue weighted by Crippen LogP contribution is 2.37. The second-order valence-corrected chi connectivity index (χ2v) is 14.6. The Morgan fingerprint density at radius 1 is 1.05 bits per heavy atom. The zero-order chi connectivity index (χ0) is 15.1. The molecule has 19 heavy (non-hydrogen) atoms. The molecule has 1 aliphatic heterocycles. The molecule has 108 valence electrons. The molecule has 0 aromatic heterocycles. The molecule has 0 amide bonds. The van der Waals surface area contributed by atoms with Crippen LogP contribution in [0.2, 0.25) is 26.0 Å². The van der Waals surface area contributed by atoms with Crippen LogP contribution in [-0.4, -0.2) is 14.8 Å². The second-order valence-electron chi connectivity index (χ2n) is 9.52. The van der Waals surface area contributed by atoms with Crippen LogP contribution in [0.25, 0.3) is 0 Å². The summed E-state index contributed by atoms with van der Waals surface area (Å²) in [6.45, 7) is 22.3. The van der Waals surface area contributed by atoms with Crippen LogP contribution in [0.15, 0.2) is 23.2 Å². The molecule has 1 rings (SSSR count). The molecule has 2 heteroatoms. The van der Waals surface area contributed by atoms with E-state index in [1.54, 1.807) is 5.10 Å². The van der Waals surface area contributed by atoms with Crippen molar-refractivity contribution in [1.29, 1.82) is 0 Å². The molecule has 0 aromatic carbocycles. The van der Waals surface area contributed by atoms with Gasteiger partial charge in [-0.3, -0.25) is 0 Å². The van der Waals surface area contributed by atoms with E-state index in [-0.39, 0.29) is 0 Å². The topological polar surface area (TPSA) is 0 Å². The molecular weight excluding hydrogens is 243 g/mol. The normalized spacial score (nSPS) is 21.6. The van der Waals surface area contributed by atoms with E-state index in [2.05, 4.69) is 79.3 Å². The third-order valence-electron chi connectivity index (χ3n) is 4.01. The van der Waals surface area contributed by atoms with Crippen LogP contribution in [0, 0.1) is 16.7 Å². The standard InChI is InChI=1S/C17H33BSi/c1-16(2,3)13-18-11-10-14(17(4,5)6)12-15(18)19(7,8)9/h10-12,14H,13H2,1-9H3. The minimum absolute atomic E-state index is 0.341. The Labute approximate surface area is 122 Å². The van der Waals surface area contributed by atoms with E-state index in [1.165, 1.54) is 6.32 Å². The summed E-state index contributed by atoms with van der Waals surface area (Å²) < 4.78 is 0. The van der Waals surface area contributed by atoms with Crippen LogP contribution in [0.1, 0.15) is 41.5 Å². The lowest BCUT2D eigenvalue weighted by atomic mass is 9.41. The zero-order valence-corrected chi connectivity index (χ0v) is 15.6. The molecule has 0 saturated carbocycles. The Hall–Kier alpha value is -0.238. The third-order valence-corrected chi connectivity index (χ3v) is 6.28. The monoisotopic (exact) mass is 276 g/mol. The van der Waals surface area contributed by atoms with Crippen molar-refractivity contribution in [2.75, 3.05) is 0 Å². The molecule has 0 bridgehead atoms. The summed E-state index contributed by atoms with van der Waals surface area (Å²) in [5, 5.41) is 1.77. The fourth-order valence-corrected chi connectivity index (χ4v) is 4.90. The van der Waals surface area contributed by atoms with Crippen LogP contribution in [0.3, 0.4) is 0 Å². The van der Waals surface area contributed by atoms with Gasteiger partial charge in [-0.2, -0.15) is 0 Å². The van der Waals surface area contributed by atoms with Crippen molar-refractivity contribution in [3.8, 4) is 0 Å². The van der Waals surface area contributed by atoms with E-state index in [0.717, 1.165) is 0 Å². The SMILES string of the molecule is CC(C)(C)CB1C=CC(C(C)(C)C)C=C1[Si](C)(C)C. The lowest BCUT2D eigenvalue weighted by Gasteiger charge is -2.37. The fraction of sp³-hybridized carbons (Fsp3) is 0.765. The van der Waals surface area contributed by atoms with Crippen molar-refractivity contribution in [3.63, 3.8) is 0 Å². The van der Waals surface area contributed by atoms with E-state index in [9.17, 15) is 0 Å². The highest BCUT2D eigenvalue weighted by molar-refractivity contribution is 6.99. The summed E-state index contributed by atoms with van der Waals surface area (Å²) in [6.07, 6.45) is 6.35. The summed E-state index contributed by atoms with van der Waals surface area (Å²) in [5.41, 5.74) is 0.746. The number of hydrogen-bond donors (Lipinski definition) is 0. The quantitative estimate of drug-likeness (QED) is 0.572. The van der Waals surface area contributed by atoms with Gasteiger partial charge in [-0.1, -0.05) is 79.7 Å². The molecule has 0 radical (unpaired) electrons. The Bertz CT molecular complexity index is 372. The first-order chi connectivity index (χ1) is 8.31. The van der Waals surface area contributed by atoms with Crippen molar-refractivity contribution in [2.24, 2.45) is 16.7 Å². The molecule has 0 fully saturated rings. The Kier molecular flexibility index (Phi) is 4.67. The summed E-state index contributed by atoms with van der Waals surface area (Å²) in [4.78, 5) is 0. The van der Waals surface area contributed by atoms with Gasteiger partial charge >= 0.3 is 0 Å². The van der Waals surface area contributed by atoms with Gasteiger partial charge in [0.05, 0.1) is 8.07 Å². The Balaban J connectivity index is 3.07. The maximum Gasteiger partial charge on any atom is 0.191 e. The van der Waals surface area contributed by atoms with Gasteiger partial charge in [0.15, 0.2) is 6.71 Å². The van der Waals surface area contributed by atoms with E-state index >= 15 is 0 Å². The predicted octanol–water partition coefficient (Wildman–Crippen LogP) is 5.64. The molecule has 0 saturated heterocycles. The molecular formula is C17H33BSi. The Morgan fingerprint density at radius 2 is 1.58 bits per heavy atom.